The van der Waals surface area contributed by atoms with Crippen LogP contribution in [0.3, 0.4) is 0 Å². The van der Waals surface area contributed by atoms with Gasteiger partial charge in [0.05, 0.1) is 24.0 Å². The topological polar surface area (TPSA) is 47.4 Å². The van der Waals surface area contributed by atoms with Crippen molar-refractivity contribution in [3.8, 4) is 0 Å². The molecule has 1 aliphatic rings. The molecule has 0 saturated heterocycles. The fourth-order valence-corrected chi connectivity index (χ4v) is 1.98. The summed E-state index contributed by atoms with van der Waals surface area (Å²) in [6.07, 6.45) is 4.22. The van der Waals surface area contributed by atoms with E-state index in [9.17, 15) is 0 Å². The maximum absolute atomic E-state index is 5.61. The van der Waals surface area contributed by atoms with Crippen LogP contribution in [-0.4, -0.2) is 28.7 Å². The van der Waals surface area contributed by atoms with Crippen molar-refractivity contribution in [1.29, 1.82) is 0 Å². The van der Waals surface area contributed by atoms with Crippen molar-refractivity contribution >= 4 is 5.90 Å². The molecular formula is C14H13N3O. The zero-order chi connectivity index (χ0) is 12.2. The van der Waals surface area contributed by atoms with Gasteiger partial charge in [-0.25, -0.2) is 4.99 Å². The molecule has 18 heavy (non-hydrogen) atoms. The lowest BCUT2D eigenvalue weighted by atomic mass is 10.1. The molecule has 0 radical (unpaired) electrons. The first-order chi connectivity index (χ1) is 8.92. The molecule has 0 aliphatic carbocycles. The summed E-state index contributed by atoms with van der Waals surface area (Å²) in [4.78, 5) is 4.58. The molecule has 0 saturated carbocycles. The third kappa shape index (κ3) is 2.37. The van der Waals surface area contributed by atoms with Gasteiger partial charge in [0, 0.05) is 0 Å². The summed E-state index contributed by atoms with van der Waals surface area (Å²) in [5.41, 5.74) is 2.17. The molecule has 1 aliphatic heterocycles. The van der Waals surface area contributed by atoms with Crippen LogP contribution in [0.4, 0.5) is 0 Å². The molecule has 0 fully saturated rings. The Balaban J connectivity index is 1.73. The van der Waals surface area contributed by atoms with Crippen molar-refractivity contribution in [3.05, 3.63) is 59.9 Å². The van der Waals surface area contributed by atoms with E-state index in [2.05, 4.69) is 27.3 Å². The highest BCUT2D eigenvalue weighted by atomic mass is 16.5. The highest BCUT2D eigenvalue weighted by Gasteiger charge is 2.20. The first-order valence-electron chi connectivity index (χ1n) is 5.93. The standard InChI is InChI=1S/C14H13N3O/c1-2-4-11(5-3-1)8-13-10-18-14(17-13)12-6-7-15-16-9-12/h1-7,9,13H,8,10H2. The van der Waals surface area contributed by atoms with Crippen molar-refractivity contribution in [3.63, 3.8) is 0 Å². The Morgan fingerprint density at radius 2 is 2.00 bits per heavy atom. The second-order valence-corrected chi connectivity index (χ2v) is 4.22. The van der Waals surface area contributed by atoms with Crippen molar-refractivity contribution in [2.45, 2.75) is 12.5 Å². The number of rotatable bonds is 3. The van der Waals surface area contributed by atoms with Crippen LogP contribution in [0.1, 0.15) is 11.1 Å². The lowest BCUT2D eigenvalue weighted by Crippen LogP contribution is -2.09. The maximum Gasteiger partial charge on any atom is 0.218 e. The monoisotopic (exact) mass is 239 g/mol. The van der Waals surface area contributed by atoms with E-state index in [1.807, 2.05) is 24.3 Å². The highest BCUT2D eigenvalue weighted by Crippen LogP contribution is 2.14. The summed E-state index contributed by atoms with van der Waals surface area (Å²) in [7, 11) is 0. The Labute approximate surface area is 105 Å². The Hall–Kier alpha value is -2.23. The molecule has 0 amide bonds. The minimum Gasteiger partial charge on any atom is -0.475 e. The van der Waals surface area contributed by atoms with Gasteiger partial charge in [0.25, 0.3) is 0 Å². The van der Waals surface area contributed by atoms with Crippen LogP contribution in [-0.2, 0) is 11.2 Å². The van der Waals surface area contributed by atoms with E-state index in [-0.39, 0.29) is 6.04 Å². The van der Waals surface area contributed by atoms with Crippen LogP contribution in [0.25, 0.3) is 0 Å². The molecule has 1 atom stereocenters. The summed E-state index contributed by atoms with van der Waals surface area (Å²) in [6, 6.07) is 12.4. The van der Waals surface area contributed by atoms with E-state index in [0.29, 0.717) is 12.5 Å². The average Bonchev–Trinajstić information content (AvgIpc) is 2.89. The number of aromatic nitrogens is 2. The van der Waals surface area contributed by atoms with Gasteiger partial charge >= 0.3 is 0 Å². The number of ether oxygens (including phenoxy) is 1. The molecule has 2 aromatic rings. The molecular weight excluding hydrogens is 226 g/mol. The smallest absolute Gasteiger partial charge is 0.218 e. The van der Waals surface area contributed by atoms with Gasteiger partial charge in [-0.3, -0.25) is 0 Å². The zero-order valence-corrected chi connectivity index (χ0v) is 9.86. The molecule has 0 spiro atoms. The third-order valence-electron chi connectivity index (χ3n) is 2.86. The minimum atomic E-state index is 0.190. The van der Waals surface area contributed by atoms with Crippen LogP contribution in [0.15, 0.2) is 53.8 Å². The predicted molar refractivity (Wildman–Crippen MR) is 68.5 cm³/mol. The molecule has 1 aromatic heterocycles. The normalized spacial score (nSPS) is 18.2. The van der Waals surface area contributed by atoms with Crippen molar-refractivity contribution in [1.82, 2.24) is 10.2 Å². The van der Waals surface area contributed by atoms with Crippen LogP contribution in [0.2, 0.25) is 0 Å². The van der Waals surface area contributed by atoms with Gasteiger partial charge in [-0.05, 0) is 18.1 Å². The second-order valence-electron chi connectivity index (χ2n) is 4.22. The van der Waals surface area contributed by atoms with Gasteiger partial charge in [0.2, 0.25) is 5.90 Å². The van der Waals surface area contributed by atoms with E-state index < -0.39 is 0 Å². The number of aliphatic imine (C=N–C) groups is 1. The van der Waals surface area contributed by atoms with Crippen molar-refractivity contribution < 1.29 is 4.74 Å². The largest absolute Gasteiger partial charge is 0.475 e. The van der Waals surface area contributed by atoms with Crippen LogP contribution >= 0.6 is 0 Å². The van der Waals surface area contributed by atoms with Gasteiger partial charge in [0.1, 0.15) is 6.61 Å². The Kier molecular flexibility index (Phi) is 3.00. The van der Waals surface area contributed by atoms with Gasteiger partial charge < -0.3 is 4.74 Å². The summed E-state index contributed by atoms with van der Waals surface area (Å²) in [5.74, 6) is 0.672. The summed E-state index contributed by atoms with van der Waals surface area (Å²) in [5, 5.41) is 7.57. The minimum absolute atomic E-state index is 0.190. The van der Waals surface area contributed by atoms with Gasteiger partial charge in [0.15, 0.2) is 0 Å². The third-order valence-corrected chi connectivity index (χ3v) is 2.86. The van der Waals surface area contributed by atoms with E-state index in [1.165, 1.54) is 5.56 Å². The van der Waals surface area contributed by atoms with E-state index in [4.69, 9.17) is 4.74 Å². The summed E-state index contributed by atoms with van der Waals surface area (Å²) < 4.78 is 5.61. The van der Waals surface area contributed by atoms with Crippen LogP contribution < -0.4 is 0 Å². The zero-order valence-electron chi connectivity index (χ0n) is 9.86. The van der Waals surface area contributed by atoms with Crippen LogP contribution in [0, 0.1) is 0 Å². The van der Waals surface area contributed by atoms with E-state index >= 15 is 0 Å². The molecule has 0 N–H and O–H groups in total. The van der Waals surface area contributed by atoms with E-state index in [0.717, 1.165) is 12.0 Å². The molecule has 90 valence electrons. The number of nitrogens with zero attached hydrogens (tertiary/aromatic N) is 3. The number of hydrogen-bond donors (Lipinski definition) is 0. The lowest BCUT2D eigenvalue weighted by molar-refractivity contribution is 0.317. The molecule has 1 aromatic carbocycles. The fourth-order valence-electron chi connectivity index (χ4n) is 1.98. The highest BCUT2D eigenvalue weighted by molar-refractivity contribution is 5.94. The number of hydrogen-bond acceptors (Lipinski definition) is 4. The molecule has 4 nitrogen and oxygen atoms in total. The Bertz CT molecular complexity index is 539. The first kappa shape index (κ1) is 10.9. The molecule has 1 unspecified atom stereocenters. The molecule has 3 rings (SSSR count). The quantitative estimate of drug-likeness (QED) is 0.821. The summed E-state index contributed by atoms with van der Waals surface area (Å²) >= 11 is 0. The van der Waals surface area contributed by atoms with E-state index in [1.54, 1.807) is 12.4 Å². The van der Waals surface area contributed by atoms with Crippen LogP contribution in [0.5, 0.6) is 0 Å². The maximum atomic E-state index is 5.61. The average molecular weight is 239 g/mol. The molecule has 0 bridgehead atoms. The second kappa shape index (κ2) is 4.96. The SMILES string of the molecule is c1ccc(CC2COC(c3ccnnc3)=N2)cc1. The molecule has 4 heteroatoms. The molecule has 2 heterocycles. The van der Waals surface area contributed by atoms with Gasteiger partial charge in [-0.2, -0.15) is 10.2 Å². The van der Waals surface area contributed by atoms with Crippen molar-refractivity contribution in [2.24, 2.45) is 4.99 Å². The lowest BCUT2D eigenvalue weighted by Gasteiger charge is -2.03. The van der Waals surface area contributed by atoms with Gasteiger partial charge in [-0.1, -0.05) is 30.3 Å². The first-order valence-corrected chi connectivity index (χ1v) is 5.93. The fraction of sp³-hybridized carbons (Fsp3) is 0.214. The van der Waals surface area contributed by atoms with Gasteiger partial charge in [-0.15, -0.1) is 0 Å². The number of benzene rings is 1. The Morgan fingerprint density at radius 1 is 1.11 bits per heavy atom. The van der Waals surface area contributed by atoms with Crippen molar-refractivity contribution in [2.75, 3.05) is 6.61 Å². The predicted octanol–water partition coefficient (Wildman–Crippen LogP) is 1.86. The Morgan fingerprint density at radius 3 is 2.78 bits per heavy atom. The summed E-state index contributed by atoms with van der Waals surface area (Å²) in [6.45, 7) is 0.631.